The van der Waals surface area contributed by atoms with Crippen LogP contribution in [0.15, 0.2) is 21.0 Å². The van der Waals surface area contributed by atoms with Gasteiger partial charge in [-0.3, -0.25) is 4.79 Å². The Balaban J connectivity index is 2.24. The third-order valence-electron chi connectivity index (χ3n) is 4.28. The van der Waals surface area contributed by atoms with Crippen molar-refractivity contribution in [3.05, 3.63) is 34.2 Å². The number of furan rings is 2. The minimum atomic E-state index is -0.873. The molecular weight excluding hydrogens is 292 g/mol. The zero-order valence-electron chi connectivity index (χ0n) is 11.6. The molecule has 1 saturated carbocycles. The van der Waals surface area contributed by atoms with E-state index in [-0.39, 0.29) is 0 Å². The molecule has 0 atom stereocenters. The van der Waals surface area contributed by atoms with Crippen LogP contribution in [0.2, 0.25) is 5.02 Å². The molecule has 1 aliphatic rings. The number of rotatable bonds is 2. The van der Waals surface area contributed by atoms with Gasteiger partial charge in [0.15, 0.2) is 5.58 Å². The lowest BCUT2D eigenvalue weighted by Crippen LogP contribution is -2.20. The maximum absolute atomic E-state index is 11.8. The zero-order valence-corrected chi connectivity index (χ0v) is 12.4. The van der Waals surface area contributed by atoms with E-state index >= 15 is 0 Å². The lowest BCUT2D eigenvalue weighted by molar-refractivity contribution is -0.139. The fraction of sp³-hybridized carbons (Fsp3) is 0.312. The molecule has 0 spiro atoms. The minimum absolute atomic E-state index is 0.481. The first-order chi connectivity index (χ1) is 9.94. The summed E-state index contributed by atoms with van der Waals surface area (Å²) in [7, 11) is 0. The molecule has 1 aliphatic carbocycles. The van der Waals surface area contributed by atoms with Crippen molar-refractivity contribution in [1.29, 1.82) is 0 Å². The van der Waals surface area contributed by atoms with E-state index in [1.807, 2.05) is 26.0 Å². The first-order valence-electron chi connectivity index (χ1n) is 6.80. The van der Waals surface area contributed by atoms with Crippen molar-refractivity contribution in [3.8, 4) is 0 Å². The van der Waals surface area contributed by atoms with E-state index in [4.69, 9.17) is 20.4 Å². The summed E-state index contributed by atoms with van der Waals surface area (Å²) in [4.78, 5) is 11.8. The van der Waals surface area contributed by atoms with Crippen molar-refractivity contribution in [3.63, 3.8) is 0 Å². The van der Waals surface area contributed by atoms with E-state index in [1.54, 1.807) is 0 Å². The molecule has 0 aliphatic heterocycles. The summed E-state index contributed by atoms with van der Waals surface area (Å²) in [5, 5.41) is 11.6. The molecule has 2 aromatic heterocycles. The lowest BCUT2D eigenvalue weighted by Gasteiger charge is -2.12. The van der Waals surface area contributed by atoms with E-state index in [0.29, 0.717) is 46.1 Å². The number of aryl methyl sites for hydroxylation is 2. The molecule has 4 nitrogen and oxygen atoms in total. The van der Waals surface area contributed by atoms with Crippen LogP contribution >= 0.6 is 11.6 Å². The summed E-state index contributed by atoms with van der Waals surface area (Å²) in [6.45, 7) is 3.65. The molecule has 108 valence electrons. The third kappa shape index (κ3) is 1.54. The van der Waals surface area contributed by atoms with Gasteiger partial charge in [0.25, 0.3) is 0 Å². The molecular formula is C16H13ClO4. The van der Waals surface area contributed by atoms with Crippen LogP contribution in [-0.4, -0.2) is 11.1 Å². The summed E-state index contributed by atoms with van der Waals surface area (Å²) in [5.74, 6) is 0.595. The van der Waals surface area contributed by atoms with Gasteiger partial charge in [-0.2, -0.15) is 0 Å². The number of fused-ring (bicyclic) bond motifs is 2. The number of carbonyl (C=O) groups is 1. The highest BCUT2D eigenvalue weighted by molar-refractivity contribution is 6.40. The number of aliphatic carboxylic acids is 1. The normalized spacial score (nSPS) is 16.7. The van der Waals surface area contributed by atoms with Crippen molar-refractivity contribution in [2.75, 3.05) is 0 Å². The van der Waals surface area contributed by atoms with Gasteiger partial charge in [0.05, 0.1) is 10.4 Å². The Labute approximate surface area is 125 Å². The Kier molecular flexibility index (Phi) is 2.33. The van der Waals surface area contributed by atoms with Gasteiger partial charge in [0.2, 0.25) is 0 Å². The Morgan fingerprint density at radius 3 is 2.29 bits per heavy atom. The fourth-order valence-corrected chi connectivity index (χ4v) is 3.42. The van der Waals surface area contributed by atoms with Gasteiger partial charge in [0, 0.05) is 16.3 Å². The Morgan fingerprint density at radius 1 is 1.14 bits per heavy atom. The fourth-order valence-electron chi connectivity index (χ4n) is 3.14. The van der Waals surface area contributed by atoms with Gasteiger partial charge in [-0.25, -0.2) is 0 Å². The SMILES string of the molecule is Cc1cc2c(C3(C(=O)O)CC3)c3oc(C)cc3c(Cl)c2o1. The predicted molar refractivity (Wildman–Crippen MR) is 79.0 cm³/mol. The van der Waals surface area contributed by atoms with E-state index < -0.39 is 11.4 Å². The minimum Gasteiger partial charge on any atom is -0.481 e. The van der Waals surface area contributed by atoms with Gasteiger partial charge in [-0.15, -0.1) is 0 Å². The Hall–Kier alpha value is -1.94. The van der Waals surface area contributed by atoms with Crippen molar-refractivity contribution in [2.45, 2.75) is 32.1 Å². The van der Waals surface area contributed by atoms with Crippen LogP contribution < -0.4 is 0 Å². The largest absolute Gasteiger partial charge is 0.481 e. The average Bonchev–Trinajstić information content (AvgIpc) is 2.98. The molecule has 0 radical (unpaired) electrons. The van der Waals surface area contributed by atoms with Crippen LogP contribution in [-0.2, 0) is 10.2 Å². The van der Waals surface area contributed by atoms with Crippen molar-refractivity contribution >= 4 is 39.5 Å². The van der Waals surface area contributed by atoms with Crippen LogP contribution in [0.1, 0.15) is 29.9 Å². The molecule has 0 saturated heterocycles. The highest BCUT2D eigenvalue weighted by atomic mass is 35.5. The maximum atomic E-state index is 11.8. The molecule has 1 aromatic carbocycles. The molecule has 0 bridgehead atoms. The van der Waals surface area contributed by atoms with E-state index in [0.717, 1.165) is 10.8 Å². The van der Waals surface area contributed by atoms with Gasteiger partial charge in [-0.1, -0.05) is 11.6 Å². The first-order valence-corrected chi connectivity index (χ1v) is 7.17. The van der Waals surface area contributed by atoms with Gasteiger partial charge in [0.1, 0.15) is 17.1 Å². The molecule has 1 N–H and O–H groups in total. The summed E-state index contributed by atoms with van der Waals surface area (Å²) in [6.07, 6.45) is 1.22. The second kappa shape index (κ2) is 3.83. The average molecular weight is 305 g/mol. The van der Waals surface area contributed by atoms with Gasteiger partial charge in [-0.05, 0) is 38.8 Å². The summed E-state index contributed by atoms with van der Waals surface area (Å²) in [6, 6.07) is 3.67. The predicted octanol–water partition coefficient (Wildman–Crippen LogP) is 4.57. The molecule has 4 rings (SSSR count). The number of benzene rings is 1. The molecule has 0 unspecified atom stereocenters. The molecule has 2 heterocycles. The second-order valence-electron chi connectivity index (χ2n) is 5.78. The topological polar surface area (TPSA) is 63.6 Å². The number of hydrogen-bond acceptors (Lipinski definition) is 3. The summed E-state index contributed by atoms with van der Waals surface area (Å²) in [5.41, 5.74) is 0.951. The number of hydrogen-bond donors (Lipinski definition) is 1. The van der Waals surface area contributed by atoms with E-state index in [9.17, 15) is 9.90 Å². The quantitative estimate of drug-likeness (QED) is 0.753. The van der Waals surface area contributed by atoms with E-state index in [2.05, 4.69) is 0 Å². The molecule has 3 aromatic rings. The van der Waals surface area contributed by atoms with Gasteiger partial charge >= 0.3 is 5.97 Å². The molecule has 1 fully saturated rings. The van der Waals surface area contributed by atoms with Crippen LogP contribution in [0.4, 0.5) is 0 Å². The summed E-state index contributed by atoms with van der Waals surface area (Å²) < 4.78 is 11.5. The molecule has 0 amide bonds. The van der Waals surface area contributed by atoms with Crippen LogP contribution in [0, 0.1) is 13.8 Å². The van der Waals surface area contributed by atoms with Crippen LogP contribution in [0.3, 0.4) is 0 Å². The van der Waals surface area contributed by atoms with Crippen LogP contribution in [0.5, 0.6) is 0 Å². The standard InChI is InChI=1S/C16H13ClO4/c1-7-5-9-11(16(3-4-16)15(18)19)13-10(6-8(2)20-13)12(17)14(9)21-7/h5-6H,3-4H2,1-2H3,(H,18,19). The monoisotopic (exact) mass is 304 g/mol. The number of carboxylic acid groups (broad SMARTS) is 1. The maximum Gasteiger partial charge on any atom is 0.314 e. The van der Waals surface area contributed by atoms with Crippen molar-refractivity contribution in [2.24, 2.45) is 0 Å². The summed E-state index contributed by atoms with van der Waals surface area (Å²) >= 11 is 6.42. The molecule has 5 heteroatoms. The highest BCUT2D eigenvalue weighted by Gasteiger charge is 2.54. The van der Waals surface area contributed by atoms with Crippen LogP contribution in [0.25, 0.3) is 21.9 Å². The molecule has 21 heavy (non-hydrogen) atoms. The second-order valence-corrected chi connectivity index (χ2v) is 6.15. The smallest absolute Gasteiger partial charge is 0.314 e. The Bertz CT molecular complexity index is 854. The zero-order chi connectivity index (χ0) is 14.9. The third-order valence-corrected chi connectivity index (χ3v) is 4.66. The Morgan fingerprint density at radius 2 is 1.71 bits per heavy atom. The van der Waals surface area contributed by atoms with Gasteiger partial charge < -0.3 is 13.9 Å². The number of halogens is 1. The lowest BCUT2D eigenvalue weighted by atomic mass is 9.91. The van der Waals surface area contributed by atoms with E-state index in [1.165, 1.54) is 0 Å². The van der Waals surface area contributed by atoms with Crippen molar-refractivity contribution in [1.82, 2.24) is 0 Å². The van der Waals surface area contributed by atoms with Crippen molar-refractivity contribution < 1.29 is 18.7 Å². The number of carboxylic acids is 1. The first kappa shape index (κ1) is 12.8. The highest BCUT2D eigenvalue weighted by Crippen LogP contribution is 2.55.